The lowest BCUT2D eigenvalue weighted by molar-refractivity contribution is 0.373. The van der Waals surface area contributed by atoms with Gasteiger partial charge < -0.3 is 0 Å². The van der Waals surface area contributed by atoms with E-state index in [1.54, 1.807) is 11.1 Å². The van der Waals surface area contributed by atoms with Crippen molar-refractivity contribution in [2.24, 2.45) is 0 Å². The van der Waals surface area contributed by atoms with Crippen LogP contribution in [0.4, 0.5) is 0 Å². The van der Waals surface area contributed by atoms with Crippen molar-refractivity contribution in [2.75, 3.05) is 0 Å². The van der Waals surface area contributed by atoms with Crippen molar-refractivity contribution in [3.63, 3.8) is 0 Å². The van der Waals surface area contributed by atoms with Crippen LogP contribution in [0.15, 0.2) is 86.0 Å². The molecule has 0 amide bonds. The molecule has 5 aromatic carbocycles. The minimum atomic E-state index is 0.116. The number of fused-ring (bicyclic) bond motifs is 10. The molecule has 0 atom stereocenters. The Morgan fingerprint density at radius 3 is 2.03 bits per heavy atom. The summed E-state index contributed by atoms with van der Waals surface area (Å²) < 4.78 is 0. The SMILES string of the molecule is C=Cc1cc2ccc3c(c2cc1C=C)-c1cc2c(ccc4ccccc42)cc1C31CCCCCCC1. The van der Waals surface area contributed by atoms with Crippen molar-refractivity contribution in [1.29, 1.82) is 0 Å². The first-order valence-electron chi connectivity index (χ1n) is 13.6. The van der Waals surface area contributed by atoms with E-state index in [4.69, 9.17) is 0 Å². The topological polar surface area (TPSA) is 0 Å². The molecule has 36 heavy (non-hydrogen) atoms. The molecule has 0 aromatic heterocycles. The van der Waals surface area contributed by atoms with Gasteiger partial charge in [0.15, 0.2) is 0 Å². The van der Waals surface area contributed by atoms with Gasteiger partial charge in [-0.2, -0.15) is 0 Å². The molecule has 0 bridgehead atoms. The second-order valence-electron chi connectivity index (χ2n) is 10.9. The standard InChI is InChI=1S/C36H32/c1-3-24-20-27-16-17-33-35(31(27)21-25(24)4-2)32-23-30-28(15-14-26-12-8-9-13-29(26)30)22-34(32)36(33)18-10-6-5-7-11-19-36/h3-4,8-9,12-17,20-23H,1-2,5-7,10-11,18-19H2. The molecule has 2 aliphatic carbocycles. The van der Waals surface area contributed by atoms with Crippen LogP contribution in [0, 0.1) is 0 Å². The van der Waals surface area contributed by atoms with Crippen LogP contribution in [0.3, 0.4) is 0 Å². The van der Waals surface area contributed by atoms with Gasteiger partial charge in [0.1, 0.15) is 0 Å². The Morgan fingerprint density at radius 1 is 0.556 bits per heavy atom. The highest BCUT2D eigenvalue weighted by atomic mass is 14.5. The molecule has 5 aromatic rings. The molecule has 1 spiro atoms. The average Bonchev–Trinajstić information content (AvgIpc) is 3.18. The lowest BCUT2D eigenvalue weighted by atomic mass is 9.69. The van der Waals surface area contributed by atoms with Crippen LogP contribution in [-0.2, 0) is 5.41 Å². The van der Waals surface area contributed by atoms with E-state index in [0.29, 0.717) is 0 Å². The number of hydrogen-bond donors (Lipinski definition) is 0. The van der Waals surface area contributed by atoms with E-state index in [1.165, 1.54) is 88.4 Å². The minimum Gasteiger partial charge on any atom is -0.0984 e. The molecule has 0 nitrogen and oxygen atoms in total. The molecule has 0 unspecified atom stereocenters. The van der Waals surface area contributed by atoms with Crippen molar-refractivity contribution in [3.8, 4) is 11.1 Å². The van der Waals surface area contributed by atoms with E-state index >= 15 is 0 Å². The summed E-state index contributed by atoms with van der Waals surface area (Å²) in [5.41, 5.74) is 8.44. The van der Waals surface area contributed by atoms with E-state index in [9.17, 15) is 0 Å². The van der Waals surface area contributed by atoms with Crippen LogP contribution < -0.4 is 0 Å². The van der Waals surface area contributed by atoms with E-state index in [1.807, 2.05) is 12.2 Å². The quantitative estimate of drug-likeness (QED) is 0.228. The zero-order valence-electron chi connectivity index (χ0n) is 20.9. The Hall–Kier alpha value is -3.64. The van der Waals surface area contributed by atoms with Crippen molar-refractivity contribution >= 4 is 44.5 Å². The molecule has 176 valence electrons. The van der Waals surface area contributed by atoms with Gasteiger partial charge in [-0.3, -0.25) is 0 Å². The number of rotatable bonds is 2. The van der Waals surface area contributed by atoms with Gasteiger partial charge in [-0.25, -0.2) is 0 Å². The van der Waals surface area contributed by atoms with E-state index < -0.39 is 0 Å². The summed E-state index contributed by atoms with van der Waals surface area (Å²) in [7, 11) is 0. The van der Waals surface area contributed by atoms with Crippen molar-refractivity contribution in [1.82, 2.24) is 0 Å². The minimum absolute atomic E-state index is 0.116. The van der Waals surface area contributed by atoms with Gasteiger partial charge in [0.05, 0.1) is 0 Å². The zero-order valence-corrected chi connectivity index (χ0v) is 20.9. The first-order valence-corrected chi connectivity index (χ1v) is 13.6. The predicted octanol–water partition coefficient (Wildman–Crippen LogP) is 10.4. The number of benzene rings is 5. The maximum absolute atomic E-state index is 4.12. The third kappa shape index (κ3) is 3.00. The molecular formula is C36H32. The van der Waals surface area contributed by atoms with Gasteiger partial charge in [0.25, 0.3) is 0 Å². The Bertz CT molecular complexity index is 1690. The Labute approximate surface area is 214 Å². The molecule has 0 heteroatoms. The molecule has 0 radical (unpaired) electrons. The summed E-state index contributed by atoms with van der Waals surface area (Å²) in [6, 6.07) is 28.0. The second kappa shape index (κ2) is 8.20. The molecule has 0 aliphatic heterocycles. The summed E-state index contributed by atoms with van der Waals surface area (Å²) in [5, 5.41) is 8.04. The molecule has 1 fully saturated rings. The van der Waals surface area contributed by atoms with E-state index in [-0.39, 0.29) is 5.41 Å². The van der Waals surface area contributed by atoms with E-state index in [0.717, 1.165) is 11.1 Å². The lowest BCUT2D eigenvalue weighted by Gasteiger charge is -2.34. The lowest BCUT2D eigenvalue weighted by Crippen LogP contribution is -2.26. The van der Waals surface area contributed by atoms with Crippen LogP contribution in [-0.4, -0.2) is 0 Å². The van der Waals surface area contributed by atoms with Crippen LogP contribution in [0.5, 0.6) is 0 Å². The van der Waals surface area contributed by atoms with Gasteiger partial charge in [-0.05, 0) is 103 Å². The maximum atomic E-state index is 4.12. The fourth-order valence-corrected chi connectivity index (χ4v) is 7.30. The summed E-state index contributed by atoms with van der Waals surface area (Å²) in [6.45, 7) is 8.18. The Morgan fingerprint density at radius 2 is 1.22 bits per heavy atom. The normalized spacial score (nSPS) is 16.6. The Kier molecular flexibility index (Phi) is 4.93. The third-order valence-corrected chi connectivity index (χ3v) is 9.05. The van der Waals surface area contributed by atoms with Crippen molar-refractivity contribution < 1.29 is 0 Å². The maximum Gasteiger partial charge on any atom is 0.0215 e. The molecule has 1 saturated carbocycles. The van der Waals surface area contributed by atoms with Crippen molar-refractivity contribution in [3.05, 3.63) is 108 Å². The van der Waals surface area contributed by atoms with Gasteiger partial charge in [-0.1, -0.05) is 106 Å². The van der Waals surface area contributed by atoms with Gasteiger partial charge in [-0.15, -0.1) is 0 Å². The zero-order chi connectivity index (χ0) is 24.3. The highest BCUT2D eigenvalue weighted by Gasteiger charge is 2.43. The van der Waals surface area contributed by atoms with Gasteiger partial charge in [0, 0.05) is 5.41 Å². The molecule has 0 saturated heterocycles. The molecule has 0 N–H and O–H groups in total. The largest absolute Gasteiger partial charge is 0.0984 e. The first kappa shape index (κ1) is 21.6. The molecule has 0 heterocycles. The third-order valence-electron chi connectivity index (χ3n) is 9.05. The molecular weight excluding hydrogens is 432 g/mol. The summed E-state index contributed by atoms with van der Waals surface area (Å²) >= 11 is 0. The fourth-order valence-electron chi connectivity index (χ4n) is 7.30. The Balaban J connectivity index is 1.62. The van der Waals surface area contributed by atoms with Crippen molar-refractivity contribution in [2.45, 2.75) is 50.4 Å². The van der Waals surface area contributed by atoms with Gasteiger partial charge in [0.2, 0.25) is 0 Å². The summed E-state index contributed by atoms with van der Waals surface area (Å²) in [6.07, 6.45) is 13.1. The van der Waals surface area contributed by atoms with Crippen LogP contribution in [0.1, 0.15) is 67.2 Å². The van der Waals surface area contributed by atoms with Crippen LogP contribution >= 0.6 is 0 Å². The second-order valence-corrected chi connectivity index (χ2v) is 10.9. The van der Waals surface area contributed by atoms with Gasteiger partial charge >= 0.3 is 0 Å². The summed E-state index contributed by atoms with van der Waals surface area (Å²) in [5.74, 6) is 0. The highest BCUT2D eigenvalue weighted by Crippen LogP contribution is 2.57. The van der Waals surface area contributed by atoms with Crippen LogP contribution in [0.2, 0.25) is 0 Å². The van der Waals surface area contributed by atoms with Crippen LogP contribution in [0.25, 0.3) is 55.6 Å². The number of hydrogen-bond acceptors (Lipinski definition) is 0. The molecule has 7 rings (SSSR count). The average molecular weight is 465 g/mol. The predicted molar refractivity (Wildman–Crippen MR) is 158 cm³/mol. The fraction of sp³-hybridized carbons (Fsp3) is 0.222. The summed E-state index contributed by atoms with van der Waals surface area (Å²) in [4.78, 5) is 0. The molecule has 2 aliphatic rings. The monoisotopic (exact) mass is 464 g/mol. The van der Waals surface area contributed by atoms with E-state index in [2.05, 4.69) is 86.0 Å². The first-order chi connectivity index (χ1) is 17.7. The smallest absolute Gasteiger partial charge is 0.0215 e. The highest BCUT2D eigenvalue weighted by molar-refractivity contribution is 6.12.